The Morgan fingerprint density at radius 1 is 1.19 bits per heavy atom. The largest absolute Gasteiger partial charge is 1.00 e. The Hall–Kier alpha value is 0.124. The fourth-order valence-electron chi connectivity index (χ4n) is 0.960. The van der Waals surface area contributed by atoms with Gasteiger partial charge in [-0.3, -0.25) is 12.2 Å². The van der Waals surface area contributed by atoms with Gasteiger partial charge in [0.1, 0.15) is 0 Å². The van der Waals surface area contributed by atoms with Crippen molar-refractivity contribution in [2.45, 2.75) is 26.7 Å². The van der Waals surface area contributed by atoms with Crippen LogP contribution in [0.3, 0.4) is 0 Å². The Kier molecular flexibility index (Phi) is 20.2. The average Bonchev–Trinajstić information content (AvgIpc) is 2.86. The van der Waals surface area contributed by atoms with Crippen LogP contribution in [0.5, 0.6) is 0 Å². The molecule has 0 N–H and O–H groups in total. The van der Waals surface area contributed by atoms with Crippen LogP contribution in [0, 0.1) is 12.2 Å². The molecule has 2 aliphatic rings. The van der Waals surface area contributed by atoms with Crippen molar-refractivity contribution in [3.05, 3.63) is 47.6 Å². The fraction of sp³-hybridized carbons (Fsp3) is 0.308. The molecule has 3 heteroatoms. The van der Waals surface area contributed by atoms with E-state index in [1.807, 2.05) is 12.2 Å². The second-order valence-electron chi connectivity index (χ2n) is 2.99. The third-order valence-corrected chi connectivity index (χ3v) is 1.94. The molecule has 0 atom stereocenters. The zero-order valence-corrected chi connectivity index (χ0v) is 12.8. The Morgan fingerprint density at radius 2 is 1.81 bits per heavy atom. The Labute approximate surface area is 123 Å². The van der Waals surface area contributed by atoms with Crippen LogP contribution in [0.15, 0.2) is 35.5 Å². The molecule has 0 aromatic heterocycles. The van der Waals surface area contributed by atoms with Crippen molar-refractivity contribution in [1.29, 1.82) is 0 Å². The van der Waals surface area contributed by atoms with Crippen molar-refractivity contribution >= 4 is 4.82 Å². The van der Waals surface area contributed by atoms with Gasteiger partial charge in [0.2, 0.25) is 0 Å². The minimum atomic E-state index is 0. The van der Waals surface area contributed by atoms with E-state index in [1.54, 1.807) is 20.0 Å². The number of hydrogen-bond donors (Lipinski definition) is 0. The first-order chi connectivity index (χ1) is 6.80. The Morgan fingerprint density at radius 3 is 1.94 bits per heavy atom. The molecule has 88 valence electrons. The summed E-state index contributed by atoms with van der Waals surface area (Å²) in [5, 5.41) is 0. The Bertz CT molecular complexity index is 266. The first-order valence-corrected chi connectivity index (χ1v) is 5.71. The quantitative estimate of drug-likeness (QED) is 0.338. The molecule has 0 bridgehead atoms. The van der Waals surface area contributed by atoms with E-state index in [0.29, 0.717) is 0 Å². The van der Waals surface area contributed by atoms with E-state index < -0.39 is 0 Å². The molecule has 0 aliphatic heterocycles. The molecule has 0 unspecified atom stereocenters. The zero-order valence-electron chi connectivity index (χ0n) is 9.69. The maximum Gasteiger partial charge on any atom is -1.00 e. The number of allylic oxidation sites excluding steroid dienone is 8. The number of halogens is 2. The van der Waals surface area contributed by atoms with Gasteiger partial charge in [-0.2, -0.15) is 11.6 Å². The van der Waals surface area contributed by atoms with E-state index in [2.05, 4.69) is 43.0 Å². The van der Waals surface area contributed by atoms with Gasteiger partial charge >= 0.3 is 24.8 Å². The van der Waals surface area contributed by atoms with Gasteiger partial charge in [-0.25, -0.2) is 23.8 Å². The molecule has 0 saturated heterocycles. The monoisotopic (exact) mass is 290 g/mol. The molecule has 0 aromatic carbocycles. The van der Waals surface area contributed by atoms with E-state index in [-0.39, 0.29) is 24.8 Å². The van der Waals surface area contributed by atoms with Gasteiger partial charge < -0.3 is 24.8 Å². The van der Waals surface area contributed by atoms with Crippen molar-refractivity contribution in [2.75, 3.05) is 0 Å². The second kappa shape index (κ2) is 15.1. The minimum absolute atomic E-state index is 0. The van der Waals surface area contributed by atoms with Crippen molar-refractivity contribution in [2.24, 2.45) is 0 Å². The van der Waals surface area contributed by atoms with Gasteiger partial charge in [-0.1, -0.05) is 6.92 Å². The van der Waals surface area contributed by atoms with Gasteiger partial charge in [-0.05, 0) is 0 Å². The predicted octanol–water partition coefficient (Wildman–Crippen LogP) is -2.64. The van der Waals surface area contributed by atoms with Crippen molar-refractivity contribution in [3.63, 3.8) is 0 Å². The maximum atomic E-state index is 3.25. The summed E-state index contributed by atoms with van der Waals surface area (Å²) in [5.41, 5.74) is 2.85. The van der Waals surface area contributed by atoms with Gasteiger partial charge in [0.15, 0.2) is 0 Å². The van der Waals surface area contributed by atoms with Crippen molar-refractivity contribution in [1.82, 2.24) is 0 Å². The summed E-state index contributed by atoms with van der Waals surface area (Å²) in [6.07, 6.45) is 16.2. The first-order valence-electron chi connectivity index (χ1n) is 4.61. The molecule has 0 heterocycles. The molecule has 0 saturated carbocycles. The van der Waals surface area contributed by atoms with E-state index in [1.165, 1.54) is 11.1 Å². The summed E-state index contributed by atoms with van der Waals surface area (Å²) in [7, 11) is 0. The summed E-state index contributed by atoms with van der Waals surface area (Å²) in [6, 6.07) is 0. The second-order valence-corrected chi connectivity index (χ2v) is 2.99. The van der Waals surface area contributed by atoms with Gasteiger partial charge in [0, 0.05) is 0 Å². The predicted molar refractivity (Wildman–Crippen MR) is 59.5 cm³/mol. The van der Waals surface area contributed by atoms with Crippen LogP contribution >= 0.6 is 0 Å². The van der Waals surface area contributed by atoms with Crippen molar-refractivity contribution < 1.29 is 44.8 Å². The van der Waals surface area contributed by atoms with Crippen molar-refractivity contribution in [3.8, 4) is 0 Å². The fourth-order valence-corrected chi connectivity index (χ4v) is 0.960. The van der Waals surface area contributed by atoms with Crippen LogP contribution in [0.4, 0.5) is 0 Å². The molecule has 16 heavy (non-hydrogen) atoms. The summed E-state index contributed by atoms with van der Waals surface area (Å²) in [6.45, 7) is 4.27. The van der Waals surface area contributed by atoms with E-state index in [9.17, 15) is 0 Å². The minimum Gasteiger partial charge on any atom is -1.00 e. The molecular weight excluding hydrogens is 275 g/mol. The molecule has 0 fully saturated rings. The Balaban J connectivity index is -0.000000169. The number of rotatable bonds is 0. The molecule has 0 radical (unpaired) electrons. The molecular formula is C13H16Cl2Ti-2. The third kappa shape index (κ3) is 10.6. The van der Waals surface area contributed by atoms with Gasteiger partial charge in [-0.15, -0.1) is 19.8 Å². The third-order valence-electron chi connectivity index (χ3n) is 1.94. The molecule has 0 nitrogen and oxygen atoms in total. The van der Waals surface area contributed by atoms with E-state index >= 15 is 0 Å². The maximum absolute atomic E-state index is 3.25. The normalized spacial score (nSPS) is 14.2. The average molecular weight is 291 g/mol. The van der Waals surface area contributed by atoms with Crippen LogP contribution in [0.2, 0.25) is 0 Å². The summed E-state index contributed by atoms with van der Waals surface area (Å²) >= 11 is 1.75. The molecule has 0 amide bonds. The molecule has 0 aromatic rings. The van der Waals surface area contributed by atoms with Gasteiger partial charge in [0.25, 0.3) is 0 Å². The van der Waals surface area contributed by atoms with Crippen LogP contribution in [-0.2, 0) is 20.0 Å². The van der Waals surface area contributed by atoms with E-state index in [0.717, 1.165) is 12.8 Å². The summed E-state index contributed by atoms with van der Waals surface area (Å²) in [4.78, 5) is 3.25. The summed E-state index contributed by atoms with van der Waals surface area (Å²) < 4.78 is 0. The summed E-state index contributed by atoms with van der Waals surface area (Å²) in [5.74, 6) is 0. The molecule has 2 aliphatic carbocycles. The van der Waals surface area contributed by atoms with Crippen LogP contribution in [0.25, 0.3) is 0 Å². The van der Waals surface area contributed by atoms with Gasteiger partial charge in [0.05, 0.1) is 0 Å². The SMILES string of the molecule is CC1=C(C)C[C-]=C1.[C-]1=CC=CC1.[CH2]=[Ti+2].[Cl-].[Cl-]. The van der Waals surface area contributed by atoms with E-state index in [4.69, 9.17) is 0 Å². The zero-order chi connectivity index (χ0) is 10.8. The number of hydrogen-bond acceptors (Lipinski definition) is 0. The van der Waals surface area contributed by atoms with Crippen LogP contribution < -0.4 is 24.8 Å². The molecule has 2 rings (SSSR count). The smallest absolute Gasteiger partial charge is 1.00 e. The first kappa shape index (κ1) is 21.4. The van der Waals surface area contributed by atoms with Crippen LogP contribution in [0.1, 0.15) is 26.7 Å². The van der Waals surface area contributed by atoms with Crippen LogP contribution in [-0.4, -0.2) is 4.82 Å². The molecule has 0 spiro atoms. The topological polar surface area (TPSA) is 0 Å². The standard InChI is InChI=1S/C7H9.C5H5.CH2.2ClH.Ti/c1-6-4-3-5-7(6)2;1-2-4-5-3-1;;;;/h4H,5H2,1-2H3;1-3H,4H2;1H2;2*1H;/q2*-1;;;;+2/p-2.